The summed E-state index contributed by atoms with van der Waals surface area (Å²) >= 11 is 3.36. The second-order valence-electron chi connectivity index (χ2n) is 3.04. The number of rotatable bonds is 2. The molecule has 0 aliphatic rings. The van der Waals surface area contributed by atoms with Crippen molar-refractivity contribution in [3.05, 3.63) is 40.4 Å². The van der Waals surface area contributed by atoms with Gasteiger partial charge in [0, 0.05) is 24.5 Å². The molecule has 2 aromatic rings. The Hall–Kier alpha value is -1.07. The van der Waals surface area contributed by atoms with E-state index in [-0.39, 0.29) is 0 Å². The van der Waals surface area contributed by atoms with Gasteiger partial charge in [-0.1, -0.05) is 0 Å². The summed E-state index contributed by atoms with van der Waals surface area (Å²) in [6.45, 7) is 0. The lowest BCUT2D eigenvalue weighted by Gasteiger charge is -2.06. The average Bonchev–Trinajstić information content (AvgIpc) is 2.77. The Balaban J connectivity index is 2.36. The largest absolute Gasteiger partial charge is 0.382 e. The van der Waals surface area contributed by atoms with Crippen molar-refractivity contribution in [2.24, 2.45) is 7.05 Å². The maximum Gasteiger partial charge on any atom is 0.123 e. The summed E-state index contributed by atoms with van der Waals surface area (Å²) in [7, 11) is 1.81. The molecule has 0 aliphatic carbocycles. The molecule has 1 atom stereocenters. The van der Waals surface area contributed by atoms with Crippen LogP contribution in [0.3, 0.4) is 0 Å². The molecule has 0 fully saturated rings. The highest BCUT2D eigenvalue weighted by molar-refractivity contribution is 9.10. The van der Waals surface area contributed by atoms with Gasteiger partial charge in [0.25, 0.3) is 0 Å². The number of aromatic nitrogens is 3. The SMILES string of the molecule is Cn1ncc(C(O)c2ccc[nH]2)c1Br. The Morgan fingerprint density at radius 1 is 1.64 bits per heavy atom. The normalized spacial score (nSPS) is 13.1. The van der Waals surface area contributed by atoms with E-state index in [2.05, 4.69) is 26.0 Å². The van der Waals surface area contributed by atoms with Crippen LogP contribution in [0.25, 0.3) is 0 Å². The average molecular weight is 256 g/mol. The maximum atomic E-state index is 9.96. The third-order valence-electron chi connectivity index (χ3n) is 2.10. The van der Waals surface area contributed by atoms with Crippen LogP contribution in [0.15, 0.2) is 29.1 Å². The van der Waals surface area contributed by atoms with Crippen molar-refractivity contribution in [3.63, 3.8) is 0 Å². The molecule has 74 valence electrons. The zero-order valence-electron chi connectivity index (χ0n) is 7.61. The first kappa shape index (κ1) is 9.48. The molecule has 2 heterocycles. The summed E-state index contributed by atoms with van der Waals surface area (Å²) in [6.07, 6.45) is 2.77. The molecule has 0 radical (unpaired) electrons. The maximum absolute atomic E-state index is 9.96. The third-order valence-corrected chi connectivity index (χ3v) is 3.07. The highest BCUT2D eigenvalue weighted by Crippen LogP contribution is 2.26. The van der Waals surface area contributed by atoms with E-state index >= 15 is 0 Å². The van der Waals surface area contributed by atoms with Gasteiger partial charge in [-0.15, -0.1) is 0 Å². The summed E-state index contributed by atoms with van der Waals surface area (Å²) in [4.78, 5) is 2.96. The van der Waals surface area contributed by atoms with Gasteiger partial charge in [0.1, 0.15) is 10.7 Å². The molecule has 0 bridgehead atoms. The predicted octanol–water partition coefficient (Wildman–Crippen LogP) is 1.59. The van der Waals surface area contributed by atoms with Crippen molar-refractivity contribution in [3.8, 4) is 0 Å². The number of nitrogens with zero attached hydrogens (tertiary/aromatic N) is 2. The third kappa shape index (κ3) is 1.49. The van der Waals surface area contributed by atoms with E-state index in [4.69, 9.17) is 0 Å². The van der Waals surface area contributed by atoms with Crippen molar-refractivity contribution in [2.45, 2.75) is 6.10 Å². The summed E-state index contributed by atoms with van der Waals surface area (Å²) in [5.74, 6) is 0. The van der Waals surface area contributed by atoms with Gasteiger partial charge in [-0.3, -0.25) is 4.68 Å². The number of aryl methyl sites for hydroxylation is 1. The van der Waals surface area contributed by atoms with E-state index in [0.717, 1.165) is 15.9 Å². The van der Waals surface area contributed by atoms with Crippen LogP contribution in [-0.4, -0.2) is 19.9 Å². The van der Waals surface area contributed by atoms with Crippen LogP contribution < -0.4 is 0 Å². The minimum absolute atomic E-state index is 0.659. The van der Waals surface area contributed by atoms with Gasteiger partial charge < -0.3 is 10.1 Å². The first-order valence-corrected chi connectivity index (χ1v) is 4.98. The first-order valence-electron chi connectivity index (χ1n) is 4.19. The molecular weight excluding hydrogens is 246 g/mol. The minimum atomic E-state index is -0.659. The fraction of sp³-hybridized carbons (Fsp3) is 0.222. The molecular formula is C9H10BrN3O. The van der Waals surface area contributed by atoms with E-state index in [9.17, 15) is 5.11 Å². The van der Waals surface area contributed by atoms with E-state index in [1.807, 2.05) is 19.2 Å². The number of aromatic amines is 1. The summed E-state index contributed by atoms with van der Waals surface area (Å²) < 4.78 is 2.46. The van der Waals surface area contributed by atoms with E-state index < -0.39 is 6.10 Å². The van der Waals surface area contributed by atoms with Crippen LogP contribution in [-0.2, 0) is 7.05 Å². The fourth-order valence-electron chi connectivity index (χ4n) is 1.30. The van der Waals surface area contributed by atoms with Crippen LogP contribution in [0.1, 0.15) is 17.4 Å². The molecule has 0 spiro atoms. The Kier molecular flexibility index (Phi) is 2.43. The highest BCUT2D eigenvalue weighted by Gasteiger charge is 2.17. The Morgan fingerprint density at radius 2 is 2.43 bits per heavy atom. The van der Waals surface area contributed by atoms with Gasteiger partial charge in [-0.05, 0) is 28.1 Å². The smallest absolute Gasteiger partial charge is 0.123 e. The van der Waals surface area contributed by atoms with Crippen molar-refractivity contribution in [1.29, 1.82) is 0 Å². The van der Waals surface area contributed by atoms with Gasteiger partial charge in [0.15, 0.2) is 0 Å². The monoisotopic (exact) mass is 255 g/mol. The standard InChI is InChI=1S/C9H10BrN3O/c1-13-9(10)6(5-12-13)8(14)7-3-2-4-11-7/h2-5,8,11,14H,1H3. The van der Waals surface area contributed by atoms with Gasteiger partial charge in [0.2, 0.25) is 0 Å². The first-order chi connectivity index (χ1) is 6.70. The molecule has 2 rings (SSSR count). The Bertz CT molecular complexity index is 421. The summed E-state index contributed by atoms with van der Waals surface area (Å²) in [6, 6.07) is 3.69. The van der Waals surface area contributed by atoms with Crippen LogP contribution in [0.5, 0.6) is 0 Å². The highest BCUT2D eigenvalue weighted by atomic mass is 79.9. The number of H-pyrrole nitrogens is 1. The van der Waals surface area contributed by atoms with Crippen molar-refractivity contribution in [1.82, 2.24) is 14.8 Å². The molecule has 4 nitrogen and oxygen atoms in total. The Morgan fingerprint density at radius 3 is 2.93 bits per heavy atom. The van der Waals surface area contributed by atoms with Crippen molar-refractivity contribution >= 4 is 15.9 Å². The number of aliphatic hydroxyl groups excluding tert-OH is 1. The quantitative estimate of drug-likeness (QED) is 0.857. The molecule has 2 N–H and O–H groups in total. The second kappa shape index (κ2) is 3.59. The molecule has 0 aromatic carbocycles. The summed E-state index contributed by atoms with van der Waals surface area (Å²) in [5.41, 5.74) is 1.52. The zero-order chi connectivity index (χ0) is 10.1. The van der Waals surface area contributed by atoms with Crippen LogP contribution in [0.2, 0.25) is 0 Å². The number of halogens is 1. The summed E-state index contributed by atoms with van der Waals surface area (Å²) in [5, 5.41) is 14.0. The minimum Gasteiger partial charge on any atom is -0.382 e. The van der Waals surface area contributed by atoms with Crippen LogP contribution in [0.4, 0.5) is 0 Å². The molecule has 0 amide bonds. The van der Waals surface area contributed by atoms with Crippen molar-refractivity contribution < 1.29 is 5.11 Å². The van der Waals surface area contributed by atoms with Crippen LogP contribution in [0, 0.1) is 0 Å². The lowest BCUT2D eigenvalue weighted by molar-refractivity contribution is 0.215. The van der Waals surface area contributed by atoms with Gasteiger partial charge >= 0.3 is 0 Å². The van der Waals surface area contributed by atoms with Gasteiger partial charge in [0.05, 0.1) is 6.20 Å². The molecule has 0 aliphatic heterocycles. The van der Waals surface area contributed by atoms with E-state index in [1.165, 1.54) is 0 Å². The number of nitrogens with one attached hydrogen (secondary N) is 1. The van der Waals surface area contributed by atoms with E-state index in [0.29, 0.717) is 0 Å². The number of hydrogen-bond acceptors (Lipinski definition) is 2. The molecule has 14 heavy (non-hydrogen) atoms. The molecule has 0 saturated heterocycles. The zero-order valence-corrected chi connectivity index (χ0v) is 9.19. The predicted molar refractivity (Wildman–Crippen MR) is 55.8 cm³/mol. The van der Waals surface area contributed by atoms with Gasteiger partial charge in [-0.2, -0.15) is 5.10 Å². The molecule has 5 heteroatoms. The number of aliphatic hydroxyl groups is 1. The van der Waals surface area contributed by atoms with Gasteiger partial charge in [-0.25, -0.2) is 0 Å². The molecule has 0 saturated carbocycles. The second-order valence-corrected chi connectivity index (χ2v) is 3.79. The lowest BCUT2D eigenvalue weighted by atomic mass is 10.1. The van der Waals surface area contributed by atoms with Crippen molar-refractivity contribution in [2.75, 3.05) is 0 Å². The lowest BCUT2D eigenvalue weighted by Crippen LogP contribution is -2.00. The van der Waals surface area contributed by atoms with Crippen LogP contribution >= 0.6 is 15.9 Å². The molecule has 2 aromatic heterocycles. The number of hydrogen-bond donors (Lipinski definition) is 2. The molecule has 1 unspecified atom stereocenters. The Labute approximate surface area is 89.7 Å². The van der Waals surface area contributed by atoms with E-state index in [1.54, 1.807) is 17.1 Å². The fourth-order valence-corrected chi connectivity index (χ4v) is 1.72. The topological polar surface area (TPSA) is 53.8 Å².